The van der Waals surface area contributed by atoms with Crippen LogP contribution < -0.4 is 0 Å². The van der Waals surface area contributed by atoms with Gasteiger partial charge in [0.05, 0.1) is 0 Å². The van der Waals surface area contributed by atoms with Crippen LogP contribution in [0.3, 0.4) is 0 Å². The summed E-state index contributed by atoms with van der Waals surface area (Å²) in [6.07, 6.45) is 7.77. The Hall–Kier alpha value is -0.490. The number of hydrogen-bond donors (Lipinski definition) is 0. The molecule has 0 saturated heterocycles. The Morgan fingerprint density at radius 3 is 2.44 bits per heavy atom. The zero-order valence-corrected chi connectivity index (χ0v) is 11.0. The minimum absolute atomic E-state index is 0.654. The van der Waals surface area contributed by atoms with Crippen LogP contribution in [0.15, 0.2) is 30.3 Å². The summed E-state index contributed by atoms with van der Waals surface area (Å²) in [6.45, 7) is 2.25. The molecule has 1 unspecified atom stereocenters. The second kappa shape index (κ2) is 8.64. The molecule has 1 atom stereocenters. The molecule has 0 saturated carbocycles. The summed E-state index contributed by atoms with van der Waals surface area (Å²) >= 11 is 6.03. The molecule has 0 amide bonds. The third kappa shape index (κ3) is 5.55. The van der Waals surface area contributed by atoms with Crippen molar-refractivity contribution in [3.63, 3.8) is 0 Å². The number of alkyl halides is 1. The highest BCUT2D eigenvalue weighted by Crippen LogP contribution is 2.17. The molecular weight excluding hydrogens is 216 g/mol. The largest absolute Gasteiger partial charge is 0.126 e. The van der Waals surface area contributed by atoms with Gasteiger partial charge in [0.25, 0.3) is 0 Å². The topological polar surface area (TPSA) is 0 Å². The Morgan fingerprint density at radius 2 is 1.81 bits per heavy atom. The van der Waals surface area contributed by atoms with Crippen LogP contribution in [-0.2, 0) is 6.42 Å². The molecule has 0 aromatic heterocycles. The van der Waals surface area contributed by atoms with Crippen molar-refractivity contribution >= 4 is 11.6 Å². The maximum Gasteiger partial charge on any atom is 0.0254 e. The van der Waals surface area contributed by atoms with Crippen LogP contribution in [0.1, 0.15) is 44.6 Å². The summed E-state index contributed by atoms with van der Waals surface area (Å²) in [5.74, 6) is 1.45. The number of rotatable bonds is 8. The molecule has 90 valence electrons. The first-order chi connectivity index (χ1) is 7.86. The van der Waals surface area contributed by atoms with Gasteiger partial charge in [-0.2, -0.15) is 0 Å². The lowest BCUT2D eigenvalue weighted by molar-refractivity contribution is 0.492. The quantitative estimate of drug-likeness (QED) is 0.439. The highest BCUT2D eigenvalue weighted by atomic mass is 35.5. The Bertz CT molecular complexity index is 255. The minimum atomic E-state index is 0.654. The van der Waals surface area contributed by atoms with Crippen LogP contribution in [0.4, 0.5) is 0 Å². The normalized spacial score (nSPS) is 12.6. The van der Waals surface area contributed by atoms with Gasteiger partial charge in [0.1, 0.15) is 0 Å². The van der Waals surface area contributed by atoms with Gasteiger partial charge in [0, 0.05) is 5.88 Å². The molecule has 0 nitrogen and oxygen atoms in total. The summed E-state index contributed by atoms with van der Waals surface area (Å²) in [7, 11) is 0. The zero-order chi connectivity index (χ0) is 11.6. The summed E-state index contributed by atoms with van der Waals surface area (Å²) in [5, 5.41) is 0. The standard InChI is InChI=1S/C15H23Cl/c1-2-3-4-6-11-15(13-16)12-14-9-7-5-8-10-14/h5,7-10,15H,2-4,6,11-13H2,1H3. The van der Waals surface area contributed by atoms with Crippen molar-refractivity contribution in [2.45, 2.75) is 45.4 Å². The molecule has 0 N–H and O–H groups in total. The molecule has 1 heteroatoms. The third-order valence-electron chi connectivity index (χ3n) is 3.05. The van der Waals surface area contributed by atoms with Crippen LogP contribution in [0.2, 0.25) is 0 Å². The Balaban J connectivity index is 2.26. The molecule has 0 aliphatic heterocycles. The number of halogens is 1. The van der Waals surface area contributed by atoms with Gasteiger partial charge in [0.2, 0.25) is 0 Å². The van der Waals surface area contributed by atoms with Crippen molar-refractivity contribution in [1.29, 1.82) is 0 Å². The fourth-order valence-corrected chi connectivity index (χ4v) is 2.30. The molecular formula is C15H23Cl. The average molecular weight is 239 g/mol. The van der Waals surface area contributed by atoms with Gasteiger partial charge < -0.3 is 0 Å². The molecule has 0 aliphatic rings. The molecule has 0 spiro atoms. The first-order valence-electron chi connectivity index (χ1n) is 6.46. The van der Waals surface area contributed by atoms with Crippen molar-refractivity contribution in [1.82, 2.24) is 0 Å². The number of unbranched alkanes of at least 4 members (excludes halogenated alkanes) is 3. The van der Waals surface area contributed by atoms with E-state index in [1.54, 1.807) is 0 Å². The molecule has 0 aliphatic carbocycles. The Morgan fingerprint density at radius 1 is 1.06 bits per heavy atom. The van der Waals surface area contributed by atoms with E-state index >= 15 is 0 Å². The van der Waals surface area contributed by atoms with Crippen molar-refractivity contribution in [3.8, 4) is 0 Å². The minimum Gasteiger partial charge on any atom is -0.126 e. The van der Waals surface area contributed by atoms with E-state index < -0.39 is 0 Å². The lowest BCUT2D eigenvalue weighted by atomic mass is 9.95. The summed E-state index contributed by atoms with van der Waals surface area (Å²) < 4.78 is 0. The van der Waals surface area contributed by atoms with Gasteiger partial charge in [0.15, 0.2) is 0 Å². The average Bonchev–Trinajstić information content (AvgIpc) is 2.34. The lowest BCUT2D eigenvalue weighted by Gasteiger charge is -2.13. The van der Waals surface area contributed by atoms with Crippen LogP contribution in [-0.4, -0.2) is 5.88 Å². The second-order valence-corrected chi connectivity index (χ2v) is 4.87. The highest BCUT2D eigenvalue weighted by molar-refractivity contribution is 6.18. The molecule has 0 bridgehead atoms. The Labute approximate surface area is 105 Å². The fourth-order valence-electron chi connectivity index (χ4n) is 2.04. The van der Waals surface area contributed by atoms with Crippen molar-refractivity contribution in [3.05, 3.63) is 35.9 Å². The van der Waals surface area contributed by atoms with Gasteiger partial charge in [-0.1, -0.05) is 62.9 Å². The van der Waals surface area contributed by atoms with E-state index in [1.165, 1.54) is 37.7 Å². The first-order valence-corrected chi connectivity index (χ1v) is 7.00. The summed E-state index contributed by atoms with van der Waals surface area (Å²) in [6, 6.07) is 10.7. The van der Waals surface area contributed by atoms with E-state index in [9.17, 15) is 0 Å². The first kappa shape index (κ1) is 13.6. The molecule has 0 radical (unpaired) electrons. The second-order valence-electron chi connectivity index (χ2n) is 4.56. The van der Waals surface area contributed by atoms with Crippen molar-refractivity contribution < 1.29 is 0 Å². The van der Waals surface area contributed by atoms with Gasteiger partial charge >= 0.3 is 0 Å². The lowest BCUT2D eigenvalue weighted by Crippen LogP contribution is -2.06. The van der Waals surface area contributed by atoms with Crippen molar-refractivity contribution in [2.75, 3.05) is 5.88 Å². The predicted octanol–water partition coefficient (Wildman–Crippen LogP) is 5.05. The van der Waals surface area contributed by atoms with Crippen LogP contribution in [0.25, 0.3) is 0 Å². The van der Waals surface area contributed by atoms with E-state index in [-0.39, 0.29) is 0 Å². The summed E-state index contributed by atoms with van der Waals surface area (Å²) in [4.78, 5) is 0. The van der Waals surface area contributed by atoms with Crippen LogP contribution >= 0.6 is 11.6 Å². The molecule has 0 fully saturated rings. The van der Waals surface area contributed by atoms with E-state index in [4.69, 9.17) is 11.6 Å². The molecule has 1 rings (SSSR count). The van der Waals surface area contributed by atoms with E-state index in [1.807, 2.05) is 0 Å². The van der Waals surface area contributed by atoms with E-state index in [0.29, 0.717) is 5.92 Å². The smallest absolute Gasteiger partial charge is 0.0254 e. The van der Waals surface area contributed by atoms with E-state index in [2.05, 4.69) is 37.3 Å². The van der Waals surface area contributed by atoms with Crippen LogP contribution in [0, 0.1) is 5.92 Å². The monoisotopic (exact) mass is 238 g/mol. The third-order valence-corrected chi connectivity index (χ3v) is 3.49. The maximum absolute atomic E-state index is 6.03. The van der Waals surface area contributed by atoms with E-state index in [0.717, 1.165) is 12.3 Å². The number of hydrogen-bond acceptors (Lipinski definition) is 0. The SMILES string of the molecule is CCCCCCC(CCl)Cc1ccccc1. The fraction of sp³-hybridized carbons (Fsp3) is 0.600. The van der Waals surface area contributed by atoms with Gasteiger partial charge in [-0.15, -0.1) is 11.6 Å². The molecule has 1 aromatic carbocycles. The van der Waals surface area contributed by atoms with Crippen molar-refractivity contribution in [2.24, 2.45) is 5.92 Å². The predicted molar refractivity (Wildman–Crippen MR) is 73.1 cm³/mol. The van der Waals surface area contributed by atoms with Gasteiger partial charge in [-0.05, 0) is 24.3 Å². The van der Waals surface area contributed by atoms with Gasteiger partial charge in [-0.25, -0.2) is 0 Å². The molecule has 1 aromatic rings. The molecule has 0 heterocycles. The summed E-state index contributed by atoms with van der Waals surface area (Å²) in [5.41, 5.74) is 1.42. The maximum atomic E-state index is 6.03. The highest BCUT2D eigenvalue weighted by Gasteiger charge is 2.07. The molecule has 16 heavy (non-hydrogen) atoms. The zero-order valence-electron chi connectivity index (χ0n) is 10.3. The Kier molecular flexibility index (Phi) is 7.33. The number of benzene rings is 1. The van der Waals surface area contributed by atoms with Crippen LogP contribution in [0.5, 0.6) is 0 Å². The van der Waals surface area contributed by atoms with Gasteiger partial charge in [-0.3, -0.25) is 0 Å².